The van der Waals surface area contributed by atoms with E-state index in [-0.39, 0.29) is 6.10 Å². The molecule has 4 N–H and O–H groups in total. The number of anilines is 1. The Balaban J connectivity index is 1.89. The molecule has 8 heteroatoms. The van der Waals surface area contributed by atoms with Crippen molar-refractivity contribution in [2.45, 2.75) is 44.3 Å². The zero-order valence-electron chi connectivity index (χ0n) is 13.3. The Bertz CT molecular complexity index is 614. The first-order valence-electron chi connectivity index (χ1n) is 7.75. The van der Waals surface area contributed by atoms with E-state index in [1.807, 2.05) is 0 Å². The minimum absolute atomic E-state index is 0.183. The number of hydrogen-bond donors (Lipinski definition) is 4. The van der Waals surface area contributed by atoms with Crippen molar-refractivity contribution in [1.29, 1.82) is 0 Å². The molecular weight excluding hydrogens is 336 g/mol. The van der Waals surface area contributed by atoms with E-state index >= 15 is 0 Å². The summed E-state index contributed by atoms with van der Waals surface area (Å²) in [7, 11) is 0. The van der Waals surface area contributed by atoms with Crippen LogP contribution in [-0.4, -0.2) is 40.5 Å². The van der Waals surface area contributed by atoms with Crippen LogP contribution in [0.25, 0.3) is 0 Å². The van der Waals surface area contributed by atoms with E-state index in [0.717, 1.165) is 32.6 Å². The molecule has 1 fully saturated rings. The maximum Gasteiger partial charge on any atom is 0.337 e. The molecule has 1 aromatic rings. The van der Waals surface area contributed by atoms with Crippen molar-refractivity contribution >= 4 is 29.3 Å². The van der Waals surface area contributed by atoms with Crippen molar-refractivity contribution in [3.63, 3.8) is 0 Å². The Kier molecular flexibility index (Phi) is 5.90. The van der Waals surface area contributed by atoms with Crippen LogP contribution in [0.5, 0.6) is 5.75 Å². The summed E-state index contributed by atoms with van der Waals surface area (Å²) in [5.74, 6) is -0.845. The fraction of sp³-hybridized carbons (Fsp3) is 0.500. The van der Waals surface area contributed by atoms with Crippen LogP contribution < -0.4 is 15.4 Å². The molecule has 1 aromatic carbocycles. The van der Waals surface area contributed by atoms with Gasteiger partial charge in [-0.15, -0.1) is 0 Å². The molecule has 0 saturated heterocycles. The summed E-state index contributed by atoms with van der Waals surface area (Å²) < 4.78 is 5.83. The summed E-state index contributed by atoms with van der Waals surface area (Å²) in [4.78, 5) is 22.5. The summed E-state index contributed by atoms with van der Waals surface area (Å²) in [6, 6.07) is 4.24. The standard InChI is InChI=1S/C16H21ClN2O5/c1-16(23,14(20)21)9-18-15(22)19-10-6-7-13(12(17)8-10)24-11-4-2-3-5-11/h6-8,11,23H,2-5,9H2,1H3,(H,20,21)(H2,18,19,22). The van der Waals surface area contributed by atoms with Crippen molar-refractivity contribution in [2.75, 3.05) is 11.9 Å². The van der Waals surface area contributed by atoms with Crippen molar-refractivity contribution in [1.82, 2.24) is 5.32 Å². The minimum atomic E-state index is -2.03. The van der Waals surface area contributed by atoms with Gasteiger partial charge in [-0.3, -0.25) is 0 Å². The van der Waals surface area contributed by atoms with Crippen LogP contribution in [0.4, 0.5) is 10.5 Å². The number of aliphatic carboxylic acids is 1. The molecular formula is C16H21ClN2O5. The van der Waals surface area contributed by atoms with Gasteiger partial charge in [0.05, 0.1) is 17.7 Å². The Hall–Kier alpha value is -1.99. The van der Waals surface area contributed by atoms with Crippen LogP contribution in [0.3, 0.4) is 0 Å². The molecule has 24 heavy (non-hydrogen) atoms. The van der Waals surface area contributed by atoms with Crippen molar-refractivity contribution < 1.29 is 24.5 Å². The van der Waals surface area contributed by atoms with Crippen LogP contribution in [0.2, 0.25) is 5.02 Å². The van der Waals surface area contributed by atoms with Gasteiger partial charge in [-0.25, -0.2) is 9.59 Å². The van der Waals surface area contributed by atoms with Gasteiger partial charge in [0, 0.05) is 5.69 Å². The monoisotopic (exact) mass is 356 g/mol. The molecule has 0 aromatic heterocycles. The third-order valence-corrected chi connectivity index (χ3v) is 4.13. The summed E-state index contributed by atoms with van der Waals surface area (Å²) in [5.41, 5.74) is -1.60. The number of nitrogens with one attached hydrogen (secondary N) is 2. The number of carboxylic acid groups (broad SMARTS) is 1. The predicted molar refractivity (Wildman–Crippen MR) is 89.6 cm³/mol. The van der Waals surface area contributed by atoms with E-state index in [9.17, 15) is 14.7 Å². The summed E-state index contributed by atoms with van der Waals surface area (Å²) in [6.45, 7) is 0.673. The molecule has 2 amide bonds. The van der Waals surface area contributed by atoms with Crippen molar-refractivity contribution in [3.8, 4) is 5.75 Å². The molecule has 1 atom stereocenters. The second-order valence-corrected chi connectivity index (χ2v) is 6.46. The first kappa shape index (κ1) is 18.4. The quantitative estimate of drug-likeness (QED) is 0.626. The van der Waals surface area contributed by atoms with Crippen LogP contribution in [0, 0.1) is 0 Å². The zero-order chi connectivity index (χ0) is 17.7. The molecule has 1 unspecified atom stereocenters. The predicted octanol–water partition coefficient (Wildman–Crippen LogP) is 2.62. The molecule has 1 aliphatic rings. The number of halogens is 1. The highest BCUT2D eigenvalue weighted by molar-refractivity contribution is 6.32. The van der Waals surface area contributed by atoms with Gasteiger partial charge in [-0.1, -0.05) is 11.6 Å². The van der Waals surface area contributed by atoms with Gasteiger partial charge >= 0.3 is 12.0 Å². The lowest BCUT2D eigenvalue weighted by molar-refractivity contribution is -0.155. The SMILES string of the molecule is CC(O)(CNC(=O)Nc1ccc(OC2CCCC2)c(Cl)c1)C(=O)O. The van der Waals surface area contributed by atoms with Gasteiger partial charge in [0.1, 0.15) is 5.75 Å². The Morgan fingerprint density at radius 1 is 1.38 bits per heavy atom. The number of carbonyl (C=O) groups is 2. The molecule has 1 saturated carbocycles. The number of urea groups is 1. The number of hydrogen-bond acceptors (Lipinski definition) is 4. The average molecular weight is 357 g/mol. The number of carbonyl (C=O) groups excluding carboxylic acids is 1. The van der Waals surface area contributed by atoms with E-state index in [1.54, 1.807) is 18.2 Å². The summed E-state index contributed by atoms with van der Waals surface area (Å²) in [5, 5.41) is 23.5. The summed E-state index contributed by atoms with van der Waals surface area (Å²) in [6.07, 6.45) is 4.53. The van der Waals surface area contributed by atoms with E-state index in [1.165, 1.54) is 0 Å². The molecule has 0 heterocycles. The second kappa shape index (κ2) is 7.72. The van der Waals surface area contributed by atoms with Crippen molar-refractivity contribution in [3.05, 3.63) is 23.2 Å². The smallest absolute Gasteiger partial charge is 0.337 e. The highest BCUT2D eigenvalue weighted by Crippen LogP contribution is 2.31. The van der Waals surface area contributed by atoms with E-state index in [0.29, 0.717) is 16.5 Å². The number of aliphatic hydroxyl groups is 1. The fourth-order valence-electron chi connectivity index (χ4n) is 2.36. The molecule has 0 bridgehead atoms. The highest BCUT2D eigenvalue weighted by atomic mass is 35.5. The lowest BCUT2D eigenvalue weighted by Crippen LogP contribution is -2.47. The number of ether oxygens (including phenoxy) is 1. The Morgan fingerprint density at radius 2 is 2.04 bits per heavy atom. The topological polar surface area (TPSA) is 108 Å². The van der Waals surface area contributed by atoms with Gasteiger partial charge < -0.3 is 25.6 Å². The summed E-state index contributed by atoms with van der Waals surface area (Å²) >= 11 is 6.17. The van der Waals surface area contributed by atoms with Crippen LogP contribution >= 0.6 is 11.6 Å². The Labute approximate surface area is 145 Å². The van der Waals surface area contributed by atoms with Gasteiger partial charge in [-0.05, 0) is 50.8 Å². The first-order chi connectivity index (χ1) is 11.3. The molecule has 7 nitrogen and oxygen atoms in total. The first-order valence-corrected chi connectivity index (χ1v) is 8.12. The number of benzene rings is 1. The van der Waals surface area contributed by atoms with E-state index in [2.05, 4.69) is 10.6 Å². The third kappa shape index (κ3) is 5.01. The van der Waals surface area contributed by atoms with Crippen molar-refractivity contribution in [2.24, 2.45) is 0 Å². The lowest BCUT2D eigenvalue weighted by Gasteiger charge is -2.19. The average Bonchev–Trinajstić information content (AvgIpc) is 3.01. The zero-order valence-corrected chi connectivity index (χ0v) is 14.1. The van der Waals surface area contributed by atoms with Gasteiger partial charge in [-0.2, -0.15) is 0 Å². The van der Waals surface area contributed by atoms with E-state index in [4.69, 9.17) is 21.4 Å². The lowest BCUT2D eigenvalue weighted by atomic mass is 10.1. The molecule has 1 aliphatic carbocycles. The second-order valence-electron chi connectivity index (χ2n) is 6.06. The van der Waals surface area contributed by atoms with E-state index < -0.39 is 24.1 Å². The largest absolute Gasteiger partial charge is 0.489 e. The molecule has 0 aliphatic heterocycles. The number of rotatable bonds is 6. The van der Waals surface area contributed by atoms with Crippen LogP contribution in [-0.2, 0) is 4.79 Å². The highest BCUT2D eigenvalue weighted by Gasteiger charge is 2.30. The van der Waals surface area contributed by atoms with Crippen LogP contribution in [0.1, 0.15) is 32.6 Å². The Morgan fingerprint density at radius 3 is 2.62 bits per heavy atom. The molecule has 0 spiro atoms. The van der Waals surface area contributed by atoms with Gasteiger partial charge in [0.25, 0.3) is 0 Å². The van der Waals surface area contributed by atoms with Gasteiger partial charge in [0.2, 0.25) is 0 Å². The maximum absolute atomic E-state index is 11.8. The molecule has 2 rings (SSSR count). The number of carboxylic acids is 1. The maximum atomic E-state index is 11.8. The molecule has 132 valence electrons. The fourth-order valence-corrected chi connectivity index (χ4v) is 2.59. The number of amides is 2. The van der Waals surface area contributed by atoms with Crippen LogP contribution in [0.15, 0.2) is 18.2 Å². The third-order valence-electron chi connectivity index (χ3n) is 3.84. The minimum Gasteiger partial charge on any atom is -0.489 e. The normalized spacial score (nSPS) is 17.1. The molecule has 0 radical (unpaired) electrons. The van der Waals surface area contributed by atoms with Gasteiger partial charge in [0.15, 0.2) is 5.60 Å².